The number of ether oxygens (including phenoxy) is 1. The molecule has 1 unspecified atom stereocenters. The summed E-state index contributed by atoms with van der Waals surface area (Å²) in [6, 6.07) is 3.36. The Hall–Kier alpha value is -1.31. The fraction of sp³-hybridized carbons (Fsp3) is 0.462. The number of hydrogen-bond donors (Lipinski definition) is 2. The van der Waals surface area contributed by atoms with Crippen molar-refractivity contribution in [3.05, 3.63) is 28.8 Å². The predicted molar refractivity (Wildman–Crippen MR) is 72.3 cm³/mol. The number of hydrogen-bond acceptors (Lipinski definition) is 3. The fourth-order valence-corrected chi connectivity index (χ4v) is 2.26. The third kappa shape index (κ3) is 4.33. The minimum atomic E-state index is -4.59. The third-order valence-corrected chi connectivity index (χ3v) is 3.32. The normalized spacial score (nSPS) is 19.3. The van der Waals surface area contributed by atoms with Gasteiger partial charge in [-0.1, -0.05) is 17.7 Å². The van der Waals surface area contributed by atoms with Crippen molar-refractivity contribution in [3.8, 4) is 0 Å². The topological polar surface area (TPSA) is 50.4 Å². The Morgan fingerprint density at radius 2 is 2.24 bits per heavy atom. The van der Waals surface area contributed by atoms with E-state index in [1.807, 2.05) is 0 Å². The van der Waals surface area contributed by atoms with Crippen molar-refractivity contribution in [2.45, 2.75) is 18.7 Å². The van der Waals surface area contributed by atoms with Crippen LogP contribution in [-0.4, -0.2) is 31.7 Å². The highest BCUT2D eigenvalue weighted by atomic mass is 35.5. The zero-order chi connectivity index (χ0) is 15.5. The molecule has 0 spiro atoms. The average molecular weight is 323 g/mol. The van der Waals surface area contributed by atoms with Crippen LogP contribution in [0.2, 0.25) is 5.02 Å². The van der Waals surface area contributed by atoms with Crippen LogP contribution in [0.15, 0.2) is 18.2 Å². The predicted octanol–water partition coefficient (Wildman–Crippen LogP) is 2.68. The SMILES string of the molecule is O=C(CC1CNCCO1)Nc1c(Cl)cccc1C(F)(F)F. The molecule has 1 aromatic carbocycles. The molecule has 0 radical (unpaired) electrons. The van der Waals surface area contributed by atoms with Crippen LogP contribution in [0.25, 0.3) is 0 Å². The first-order valence-corrected chi connectivity index (χ1v) is 6.73. The molecule has 1 atom stereocenters. The Morgan fingerprint density at radius 1 is 1.48 bits per heavy atom. The van der Waals surface area contributed by atoms with Crippen molar-refractivity contribution >= 4 is 23.2 Å². The van der Waals surface area contributed by atoms with Crippen LogP contribution in [0.4, 0.5) is 18.9 Å². The lowest BCUT2D eigenvalue weighted by Gasteiger charge is -2.23. The summed E-state index contributed by atoms with van der Waals surface area (Å²) in [6.45, 7) is 1.65. The van der Waals surface area contributed by atoms with Gasteiger partial charge < -0.3 is 15.4 Å². The largest absolute Gasteiger partial charge is 0.418 e. The smallest absolute Gasteiger partial charge is 0.375 e. The fourth-order valence-electron chi connectivity index (χ4n) is 2.04. The number of para-hydroxylation sites is 1. The van der Waals surface area contributed by atoms with Gasteiger partial charge in [0.05, 0.1) is 35.4 Å². The molecule has 1 saturated heterocycles. The monoisotopic (exact) mass is 322 g/mol. The van der Waals surface area contributed by atoms with Gasteiger partial charge in [-0.25, -0.2) is 0 Å². The van der Waals surface area contributed by atoms with Crippen LogP contribution >= 0.6 is 11.6 Å². The second-order valence-electron chi connectivity index (χ2n) is 4.61. The maximum atomic E-state index is 12.9. The van der Waals surface area contributed by atoms with Crippen molar-refractivity contribution in [2.75, 3.05) is 25.0 Å². The molecule has 0 saturated carbocycles. The number of nitrogens with one attached hydrogen (secondary N) is 2. The van der Waals surface area contributed by atoms with E-state index in [1.54, 1.807) is 0 Å². The third-order valence-electron chi connectivity index (χ3n) is 3.00. The maximum Gasteiger partial charge on any atom is 0.418 e. The van der Waals surface area contributed by atoms with Gasteiger partial charge in [0.1, 0.15) is 0 Å². The number of carbonyl (C=O) groups is 1. The van der Waals surface area contributed by atoms with Gasteiger partial charge in [-0.05, 0) is 12.1 Å². The van der Waals surface area contributed by atoms with E-state index >= 15 is 0 Å². The van der Waals surface area contributed by atoms with Gasteiger partial charge in [0.25, 0.3) is 0 Å². The van der Waals surface area contributed by atoms with E-state index in [4.69, 9.17) is 16.3 Å². The number of morpholine rings is 1. The summed E-state index contributed by atoms with van der Waals surface area (Å²) in [7, 11) is 0. The Kier molecular flexibility index (Phi) is 5.08. The highest BCUT2D eigenvalue weighted by Crippen LogP contribution is 2.38. The molecule has 1 aliphatic heterocycles. The first kappa shape index (κ1) is 16.1. The van der Waals surface area contributed by atoms with Crippen molar-refractivity contribution in [1.82, 2.24) is 5.32 Å². The summed E-state index contributed by atoms with van der Waals surface area (Å²) in [5.74, 6) is -0.567. The summed E-state index contributed by atoms with van der Waals surface area (Å²) < 4.78 is 44.0. The molecular formula is C13H14ClF3N2O2. The lowest BCUT2D eigenvalue weighted by molar-refractivity contribution is -0.137. The Labute approximate surface area is 124 Å². The van der Waals surface area contributed by atoms with Gasteiger partial charge in [0.2, 0.25) is 5.91 Å². The zero-order valence-corrected chi connectivity index (χ0v) is 11.7. The molecule has 2 N–H and O–H groups in total. The van der Waals surface area contributed by atoms with E-state index < -0.39 is 23.3 Å². The van der Waals surface area contributed by atoms with Crippen LogP contribution < -0.4 is 10.6 Å². The molecule has 2 rings (SSSR count). The number of rotatable bonds is 3. The van der Waals surface area contributed by atoms with Gasteiger partial charge in [0.15, 0.2) is 0 Å². The highest BCUT2D eigenvalue weighted by molar-refractivity contribution is 6.34. The molecule has 0 bridgehead atoms. The number of carbonyl (C=O) groups excluding carboxylic acids is 1. The Bertz CT molecular complexity index is 517. The summed E-state index contributed by atoms with van der Waals surface area (Å²) in [5.41, 5.74) is -1.38. The zero-order valence-electron chi connectivity index (χ0n) is 11.0. The van der Waals surface area contributed by atoms with Crippen LogP contribution in [0.1, 0.15) is 12.0 Å². The summed E-state index contributed by atoms with van der Waals surface area (Å²) in [4.78, 5) is 11.9. The number of amides is 1. The van der Waals surface area contributed by atoms with Crippen molar-refractivity contribution < 1.29 is 22.7 Å². The van der Waals surface area contributed by atoms with E-state index in [-0.39, 0.29) is 17.5 Å². The van der Waals surface area contributed by atoms with Crippen molar-refractivity contribution in [3.63, 3.8) is 0 Å². The van der Waals surface area contributed by atoms with Crippen molar-refractivity contribution in [1.29, 1.82) is 0 Å². The molecule has 21 heavy (non-hydrogen) atoms. The Balaban J connectivity index is 2.09. The Morgan fingerprint density at radius 3 is 2.86 bits per heavy atom. The van der Waals surface area contributed by atoms with Crippen LogP contribution in [0.3, 0.4) is 0 Å². The minimum absolute atomic E-state index is 0.0322. The van der Waals surface area contributed by atoms with Crippen LogP contribution in [0, 0.1) is 0 Å². The second-order valence-corrected chi connectivity index (χ2v) is 5.02. The molecule has 1 fully saturated rings. The van der Waals surface area contributed by atoms with Crippen molar-refractivity contribution in [2.24, 2.45) is 0 Å². The first-order chi connectivity index (χ1) is 9.88. The maximum absolute atomic E-state index is 12.9. The average Bonchev–Trinajstić information content (AvgIpc) is 2.41. The molecular weight excluding hydrogens is 309 g/mol. The molecule has 8 heteroatoms. The van der Waals surface area contributed by atoms with Gasteiger partial charge in [-0.3, -0.25) is 4.79 Å². The molecule has 4 nitrogen and oxygen atoms in total. The van der Waals surface area contributed by atoms with Crippen LogP contribution in [-0.2, 0) is 15.7 Å². The first-order valence-electron chi connectivity index (χ1n) is 6.36. The van der Waals surface area contributed by atoms with E-state index in [0.717, 1.165) is 6.07 Å². The summed E-state index contributed by atoms with van der Waals surface area (Å²) in [6.07, 6.45) is -4.97. The van der Waals surface area contributed by atoms with E-state index in [9.17, 15) is 18.0 Å². The summed E-state index contributed by atoms with van der Waals surface area (Å²) in [5, 5.41) is 5.12. The number of alkyl halides is 3. The van der Waals surface area contributed by atoms with Gasteiger partial charge in [-0.2, -0.15) is 13.2 Å². The van der Waals surface area contributed by atoms with E-state index in [2.05, 4.69) is 10.6 Å². The molecule has 1 aromatic rings. The molecule has 1 aliphatic rings. The number of halogens is 4. The van der Waals surface area contributed by atoms with Gasteiger partial charge in [0, 0.05) is 13.1 Å². The second kappa shape index (κ2) is 6.64. The lowest BCUT2D eigenvalue weighted by atomic mass is 10.1. The standard InChI is InChI=1S/C13H14ClF3N2O2/c14-10-3-1-2-9(13(15,16)17)12(10)19-11(20)6-8-7-18-4-5-21-8/h1-3,8,18H,4-7H2,(H,19,20). The van der Waals surface area contributed by atoms with E-state index in [1.165, 1.54) is 12.1 Å². The lowest BCUT2D eigenvalue weighted by Crippen LogP contribution is -2.40. The minimum Gasteiger partial charge on any atom is -0.375 e. The summed E-state index contributed by atoms with van der Waals surface area (Å²) >= 11 is 5.76. The number of anilines is 1. The van der Waals surface area contributed by atoms with E-state index in [0.29, 0.717) is 19.7 Å². The van der Waals surface area contributed by atoms with Crippen LogP contribution in [0.5, 0.6) is 0 Å². The van der Waals surface area contributed by atoms with Gasteiger partial charge >= 0.3 is 6.18 Å². The van der Waals surface area contributed by atoms with Gasteiger partial charge in [-0.15, -0.1) is 0 Å². The number of benzene rings is 1. The molecule has 1 heterocycles. The molecule has 1 amide bonds. The quantitative estimate of drug-likeness (QED) is 0.899. The molecule has 0 aliphatic carbocycles. The molecule has 116 valence electrons. The highest BCUT2D eigenvalue weighted by Gasteiger charge is 2.35. The molecule has 0 aromatic heterocycles.